The summed E-state index contributed by atoms with van der Waals surface area (Å²) in [6.07, 6.45) is 7.45. The Morgan fingerprint density at radius 1 is 0.931 bits per heavy atom. The monoisotopic (exact) mass is 385 g/mol. The molecule has 0 spiro atoms. The van der Waals surface area contributed by atoms with E-state index in [2.05, 4.69) is 67.6 Å². The molecular weight excluding hydrogens is 362 g/mol. The van der Waals surface area contributed by atoms with E-state index < -0.39 is 0 Å². The summed E-state index contributed by atoms with van der Waals surface area (Å²) >= 11 is 0. The smallest absolute Gasteiger partial charge is 0.245 e. The highest BCUT2D eigenvalue weighted by Crippen LogP contribution is 2.23. The number of fused-ring (bicyclic) bond motifs is 1. The number of aromatic nitrogens is 4. The quantitative estimate of drug-likeness (QED) is 0.582. The largest absolute Gasteiger partial charge is 0.369 e. The van der Waals surface area contributed by atoms with Crippen LogP contribution in [0.3, 0.4) is 0 Å². The number of hydrogen-bond acceptors (Lipinski definition) is 6. The molecule has 4 aromatic rings. The van der Waals surface area contributed by atoms with Crippen molar-refractivity contribution in [3.63, 3.8) is 0 Å². The number of nitrogens with one attached hydrogen (secondary N) is 1. The number of rotatable bonds is 4. The van der Waals surface area contributed by atoms with E-state index in [0.29, 0.717) is 5.95 Å². The summed E-state index contributed by atoms with van der Waals surface area (Å²) in [5.41, 5.74) is 5.31. The van der Waals surface area contributed by atoms with Crippen LogP contribution >= 0.6 is 0 Å². The summed E-state index contributed by atoms with van der Waals surface area (Å²) in [6.45, 7) is 4.34. The third-order valence-corrected chi connectivity index (χ3v) is 5.34. The molecule has 0 atom stereocenters. The van der Waals surface area contributed by atoms with Gasteiger partial charge >= 0.3 is 0 Å². The molecule has 146 valence electrons. The van der Waals surface area contributed by atoms with Gasteiger partial charge in [0.2, 0.25) is 5.95 Å². The van der Waals surface area contributed by atoms with Gasteiger partial charge in [0, 0.05) is 67.3 Å². The van der Waals surface area contributed by atoms with Crippen LogP contribution in [0.15, 0.2) is 67.3 Å². The lowest BCUT2D eigenvalue weighted by atomic mass is 10.1. The maximum atomic E-state index is 4.60. The second kappa shape index (κ2) is 7.52. The topological polar surface area (TPSA) is 61.6 Å². The number of likely N-dealkylation sites (N-methyl/N-ethyl adjacent to an activating group) is 1. The Kier molecular flexibility index (Phi) is 4.57. The van der Waals surface area contributed by atoms with Gasteiger partial charge in [-0.05, 0) is 43.4 Å². The van der Waals surface area contributed by atoms with Gasteiger partial charge in [0.05, 0.1) is 11.7 Å². The van der Waals surface area contributed by atoms with Gasteiger partial charge in [-0.15, -0.1) is 5.10 Å². The lowest BCUT2D eigenvalue weighted by molar-refractivity contribution is 0.313. The van der Waals surface area contributed by atoms with Crippen LogP contribution < -0.4 is 10.2 Å². The maximum Gasteiger partial charge on any atom is 0.245 e. The molecule has 1 N–H and O–H groups in total. The van der Waals surface area contributed by atoms with Crippen LogP contribution in [-0.2, 0) is 0 Å². The lowest BCUT2D eigenvalue weighted by Crippen LogP contribution is -2.44. The molecule has 1 aromatic carbocycles. The fraction of sp³-hybridized carbons (Fsp3) is 0.227. The molecule has 0 saturated carbocycles. The predicted molar refractivity (Wildman–Crippen MR) is 116 cm³/mol. The molecule has 3 aromatic heterocycles. The van der Waals surface area contributed by atoms with Gasteiger partial charge in [-0.25, -0.2) is 9.50 Å². The van der Waals surface area contributed by atoms with Gasteiger partial charge in [-0.1, -0.05) is 6.07 Å². The molecule has 0 amide bonds. The highest BCUT2D eigenvalue weighted by Gasteiger charge is 2.14. The fourth-order valence-electron chi connectivity index (χ4n) is 3.61. The Balaban J connectivity index is 1.32. The SMILES string of the molecule is CN1CCN(c2ccc(Nc3ncc4cc(-c5cccnc5)cn4n3)cc2)CC1. The van der Waals surface area contributed by atoms with Crippen LogP contribution in [0, 0.1) is 0 Å². The number of benzene rings is 1. The number of nitrogens with zero attached hydrogens (tertiary/aromatic N) is 6. The first-order valence-corrected chi connectivity index (χ1v) is 9.81. The van der Waals surface area contributed by atoms with Crippen LogP contribution in [0.1, 0.15) is 0 Å². The van der Waals surface area contributed by atoms with Crippen LogP contribution in [0.5, 0.6) is 0 Å². The molecule has 1 saturated heterocycles. The minimum atomic E-state index is 0.568. The first kappa shape index (κ1) is 17.6. The van der Waals surface area contributed by atoms with Gasteiger partial charge in [-0.3, -0.25) is 4.98 Å². The summed E-state index contributed by atoms with van der Waals surface area (Å²) in [5, 5.41) is 7.90. The van der Waals surface area contributed by atoms with Crippen LogP contribution in [0.2, 0.25) is 0 Å². The highest BCUT2D eigenvalue weighted by atomic mass is 15.3. The van der Waals surface area contributed by atoms with Crippen molar-refractivity contribution in [2.75, 3.05) is 43.4 Å². The Morgan fingerprint density at radius 2 is 1.76 bits per heavy atom. The number of piperazine rings is 1. The maximum absolute atomic E-state index is 4.60. The molecule has 0 bridgehead atoms. The van der Waals surface area contributed by atoms with E-state index in [0.717, 1.165) is 48.5 Å². The third kappa shape index (κ3) is 3.77. The molecule has 29 heavy (non-hydrogen) atoms. The molecule has 4 heterocycles. The normalized spacial score (nSPS) is 15.0. The van der Waals surface area contributed by atoms with Crippen LogP contribution in [0.4, 0.5) is 17.3 Å². The molecule has 7 heteroatoms. The Labute approximate surface area is 169 Å². The molecule has 0 radical (unpaired) electrons. The van der Waals surface area contributed by atoms with Gasteiger partial charge in [0.15, 0.2) is 0 Å². The zero-order chi connectivity index (χ0) is 19.6. The number of hydrogen-bond donors (Lipinski definition) is 1. The molecule has 5 rings (SSSR count). The summed E-state index contributed by atoms with van der Waals surface area (Å²) in [4.78, 5) is 13.4. The van der Waals surface area contributed by atoms with Crippen molar-refractivity contribution in [2.45, 2.75) is 0 Å². The second-order valence-corrected chi connectivity index (χ2v) is 7.38. The second-order valence-electron chi connectivity index (χ2n) is 7.38. The van der Waals surface area contributed by atoms with Crippen molar-refractivity contribution in [1.82, 2.24) is 24.5 Å². The van der Waals surface area contributed by atoms with Crippen molar-refractivity contribution in [2.24, 2.45) is 0 Å². The van der Waals surface area contributed by atoms with E-state index in [1.54, 1.807) is 6.20 Å². The van der Waals surface area contributed by atoms with E-state index in [9.17, 15) is 0 Å². The summed E-state index contributed by atoms with van der Waals surface area (Å²) in [6, 6.07) is 14.5. The van der Waals surface area contributed by atoms with Crippen molar-refractivity contribution in [3.05, 3.63) is 67.3 Å². The Hall–Kier alpha value is -3.45. The first-order valence-electron chi connectivity index (χ1n) is 9.81. The molecule has 1 fully saturated rings. The van der Waals surface area contributed by atoms with Crippen LogP contribution in [0.25, 0.3) is 16.6 Å². The summed E-state index contributed by atoms with van der Waals surface area (Å²) < 4.78 is 1.84. The first-order chi connectivity index (χ1) is 14.2. The van der Waals surface area contributed by atoms with Crippen molar-refractivity contribution in [3.8, 4) is 11.1 Å². The van der Waals surface area contributed by atoms with Gasteiger partial charge < -0.3 is 15.1 Å². The number of anilines is 3. The Bertz CT molecular complexity index is 1100. The van der Waals surface area contributed by atoms with Gasteiger partial charge in [-0.2, -0.15) is 0 Å². The van der Waals surface area contributed by atoms with Gasteiger partial charge in [0.25, 0.3) is 0 Å². The standard InChI is InChI=1S/C22H23N7/c1-27-9-11-28(12-10-27)20-6-4-19(5-7-20)25-22-24-15-21-13-18(16-29(21)26-22)17-3-2-8-23-14-17/h2-8,13-16H,9-12H2,1H3,(H,25,26). The molecular formula is C22H23N7. The molecule has 7 nitrogen and oxygen atoms in total. The van der Waals surface area contributed by atoms with E-state index in [4.69, 9.17) is 0 Å². The van der Waals surface area contributed by atoms with Crippen LogP contribution in [-0.4, -0.2) is 57.7 Å². The van der Waals surface area contributed by atoms with E-state index in [-0.39, 0.29) is 0 Å². The lowest BCUT2D eigenvalue weighted by Gasteiger charge is -2.34. The van der Waals surface area contributed by atoms with Crippen molar-refractivity contribution < 1.29 is 0 Å². The van der Waals surface area contributed by atoms with E-state index in [1.807, 2.05) is 35.2 Å². The molecule has 1 aliphatic rings. The van der Waals surface area contributed by atoms with E-state index >= 15 is 0 Å². The van der Waals surface area contributed by atoms with E-state index in [1.165, 1.54) is 5.69 Å². The molecule has 1 aliphatic heterocycles. The minimum absolute atomic E-state index is 0.568. The Morgan fingerprint density at radius 3 is 2.52 bits per heavy atom. The average molecular weight is 385 g/mol. The zero-order valence-electron chi connectivity index (χ0n) is 16.4. The van der Waals surface area contributed by atoms with Crippen molar-refractivity contribution >= 4 is 22.8 Å². The highest BCUT2D eigenvalue weighted by molar-refractivity contribution is 5.69. The number of pyridine rings is 1. The van der Waals surface area contributed by atoms with Gasteiger partial charge in [0.1, 0.15) is 0 Å². The summed E-state index contributed by atoms with van der Waals surface area (Å²) in [7, 11) is 2.17. The minimum Gasteiger partial charge on any atom is -0.369 e. The molecule has 0 aliphatic carbocycles. The zero-order valence-corrected chi connectivity index (χ0v) is 16.4. The predicted octanol–water partition coefficient (Wildman–Crippen LogP) is 3.29. The average Bonchev–Trinajstić information content (AvgIpc) is 3.19. The fourth-order valence-corrected chi connectivity index (χ4v) is 3.61. The van der Waals surface area contributed by atoms with Crippen molar-refractivity contribution in [1.29, 1.82) is 0 Å². The molecule has 0 unspecified atom stereocenters. The third-order valence-electron chi connectivity index (χ3n) is 5.34. The summed E-state index contributed by atoms with van der Waals surface area (Å²) in [5.74, 6) is 0.568.